The molecule has 1 unspecified atom stereocenters. The number of benzene rings is 1. The second-order valence-electron chi connectivity index (χ2n) is 6.59. The molecular formula is C20H25N3O4. The summed E-state index contributed by atoms with van der Waals surface area (Å²) in [6, 6.07) is 7.69. The average Bonchev–Trinajstić information content (AvgIpc) is 3.16. The van der Waals surface area contributed by atoms with Gasteiger partial charge in [-0.25, -0.2) is 0 Å². The number of carbonyl (C=O) groups excluding carboxylic acids is 3. The number of hydrogen-bond donors (Lipinski definition) is 3. The topological polar surface area (TPSA) is 100 Å². The Labute approximate surface area is 158 Å². The molecule has 3 N–H and O–H groups in total. The van der Waals surface area contributed by atoms with Gasteiger partial charge in [-0.3, -0.25) is 14.4 Å². The average molecular weight is 371 g/mol. The fourth-order valence-corrected chi connectivity index (χ4v) is 2.45. The van der Waals surface area contributed by atoms with Crippen LogP contribution in [0.3, 0.4) is 0 Å². The molecule has 0 bridgehead atoms. The van der Waals surface area contributed by atoms with Gasteiger partial charge in [0.25, 0.3) is 5.91 Å². The molecule has 1 atom stereocenters. The Hall–Kier alpha value is -3.09. The van der Waals surface area contributed by atoms with E-state index in [0.29, 0.717) is 17.8 Å². The van der Waals surface area contributed by atoms with E-state index in [-0.39, 0.29) is 23.5 Å². The van der Waals surface area contributed by atoms with Gasteiger partial charge in [-0.05, 0) is 42.7 Å². The van der Waals surface area contributed by atoms with Crippen molar-refractivity contribution >= 4 is 29.1 Å². The standard InChI is InChI=1S/C20H25N3O4/c1-5-17(24)21-14-9-8-13(4)15(11-14)22-20(26)18(12(2)3)23-19(25)16-7-6-10-27-16/h6-12,18H,5H2,1-4H3,(H,21,24)(H,22,26)(H,23,25). The lowest BCUT2D eigenvalue weighted by atomic mass is 10.0. The van der Waals surface area contributed by atoms with Crippen molar-refractivity contribution < 1.29 is 18.8 Å². The molecule has 1 aromatic heterocycles. The lowest BCUT2D eigenvalue weighted by molar-refractivity contribution is -0.119. The van der Waals surface area contributed by atoms with E-state index in [9.17, 15) is 14.4 Å². The zero-order chi connectivity index (χ0) is 20.0. The Balaban J connectivity index is 2.13. The Morgan fingerprint density at radius 2 is 1.85 bits per heavy atom. The molecule has 0 fully saturated rings. The Kier molecular flexibility index (Phi) is 6.76. The predicted molar refractivity (Wildman–Crippen MR) is 104 cm³/mol. The van der Waals surface area contributed by atoms with E-state index >= 15 is 0 Å². The largest absolute Gasteiger partial charge is 0.459 e. The summed E-state index contributed by atoms with van der Waals surface area (Å²) in [7, 11) is 0. The number of aryl methyl sites for hydroxylation is 1. The zero-order valence-corrected chi connectivity index (χ0v) is 16.0. The zero-order valence-electron chi connectivity index (χ0n) is 16.0. The van der Waals surface area contributed by atoms with Crippen molar-refractivity contribution in [2.24, 2.45) is 5.92 Å². The first-order valence-electron chi connectivity index (χ1n) is 8.87. The van der Waals surface area contributed by atoms with E-state index < -0.39 is 11.9 Å². The molecular weight excluding hydrogens is 346 g/mol. The van der Waals surface area contributed by atoms with Crippen LogP contribution in [-0.4, -0.2) is 23.8 Å². The van der Waals surface area contributed by atoms with Gasteiger partial charge in [0.2, 0.25) is 11.8 Å². The van der Waals surface area contributed by atoms with Crippen LogP contribution in [0.25, 0.3) is 0 Å². The first-order chi connectivity index (χ1) is 12.8. The van der Waals surface area contributed by atoms with Gasteiger partial charge in [0.1, 0.15) is 6.04 Å². The van der Waals surface area contributed by atoms with Crippen molar-refractivity contribution in [3.8, 4) is 0 Å². The fraction of sp³-hybridized carbons (Fsp3) is 0.350. The van der Waals surface area contributed by atoms with Crippen LogP contribution in [0.4, 0.5) is 11.4 Å². The van der Waals surface area contributed by atoms with Gasteiger partial charge in [-0.2, -0.15) is 0 Å². The molecule has 0 spiro atoms. The molecule has 1 heterocycles. The van der Waals surface area contributed by atoms with Crippen molar-refractivity contribution in [3.63, 3.8) is 0 Å². The Morgan fingerprint density at radius 3 is 2.44 bits per heavy atom. The van der Waals surface area contributed by atoms with Gasteiger partial charge in [-0.1, -0.05) is 26.8 Å². The second-order valence-corrected chi connectivity index (χ2v) is 6.59. The fourth-order valence-electron chi connectivity index (χ4n) is 2.45. The van der Waals surface area contributed by atoms with Crippen molar-refractivity contribution in [1.29, 1.82) is 0 Å². The highest BCUT2D eigenvalue weighted by atomic mass is 16.3. The minimum atomic E-state index is -0.740. The summed E-state index contributed by atoms with van der Waals surface area (Å²) in [4.78, 5) is 36.6. The lowest BCUT2D eigenvalue weighted by Crippen LogP contribution is -2.47. The highest BCUT2D eigenvalue weighted by Crippen LogP contribution is 2.21. The second kappa shape index (κ2) is 9.02. The maximum absolute atomic E-state index is 12.8. The van der Waals surface area contributed by atoms with Gasteiger partial charge >= 0.3 is 0 Å². The summed E-state index contributed by atoms with van der Waals surface area (Å²) in [6.45, 7) is 7.31. The van der Waals surface area contributed by atoms with Crippen molar-refractivity contribution in [2.75, 3.05) is 10.6 Å². The summed E-state index contributed by atoms with van der Waals surface area (Å²) in [5, 5.41) is 8.30. The highest BCUT2D eigenvalue weighted by Gasteiger charge is 2.26. The Morgan fingerprint density at radius 1 is 1.11 bits per heavy atom. The van der Waals surface area contributed by atoms with E-state index in [1.54, 1.807) is 25.1 Å². The molecule has 27 heavy (non-hydrogen) atoms. The van der Waals surface area contributed by atoms with Crippen LogP contribution in [0.1, 0.15) is 43.3 Å². The minimum absolute atomic E-state index is 0.109. The van der Waals surface area contributed by atoms with E-state index in [1.165, 1.54) is 12.3 Å². The van der Waals surface area contributed by atoms with Crippen LogP contribution < -0.4 is 16.0 Å². The van der Waals surface area contributed by atoms with Crippen molar-refractivity contribution in [1.82, 2.24) is 5.32 Å². The minimum Gasteiger partial charge on any atom is -0.459 e. The van der Waals surface area contributed by atoms with Gasteiger partial charge in [0, 0.05) is 17.8 Å². The summed E-state index contributed by atoms with van der Waals surface area (Å²) in [5.74, 6) is -0.885. The Bertz CT molecular complexity index is 813. The molecule has 144 valence electrons. The molecule has 2 rings (SSSR count). The molecule has 0 saturated carbocycles. The maximum Gasteiger partial charge on any atom is 0.287 e. The quantitative estimate of drug-likeness (QED) is 0.695. The summed E-state index contributed by atoms with van der Waals surface area (Å²) in [5.41, 5.74) is 2.02. The van der Waals surface area contributed by atoms with E-state index in [4.69, 9.17) is 4.42 Å². The number of rotatable bonds is 7. The predicted octanol–water partition coefficient (Wildman–Crippen LogP) is 3.33. The van der Waals surface area contributed by atoms with Crippen molar-refractivity contribution in [2.45, 2.75) is 40.2 Å². The van der Waals surface area contributed by atoms with Crippen LogP contribution in [-0.2, 0) is 9.59 Å². The number of anilines is 2. The van der Waals surface area contributed by atoms with E-state index in [1.807, 2.05) is 26.8 Å². The molecule has 0 aliphatic heterocycles. The summed E-state index contributed by atoms with van der Waals surface area (Å²) >= 11 is 0. The monoisotopic (exact) mass is 371 g/mol. The van der Waals surface area contributed by atoms with Crippen LogP contribution in [0, 0.1) is 12.8 Å². The molecule has 0 aliphatic rings. The first kappa shape index (κ1) is 20.2. The molecule has 1 aromatic carbocycles. The summed E-state index contributed by atoms with van der Waals surface area (Å²) < 4.78 is 5.07. The molecule has 0 radical (unpaired) electrons. The van der Waals surface area contributed by atoms with E-state index in [2.05, 4.69) is 16.0 Å². The van der Waals surface area contributed by atoms with Crippen LogP contribution >= 0.6 is 0 Å². The van der Waals surface area contributed by atoms with Crippen LogP contribution in [0.15, 0.2) is 41.0 Å². The third-order valence-electron chi connectivity index (χ3n) is 4.08. The number of hydrogen-bond acceptors (Lipinski definition) is 4. The van der Waals surface area contributed by atoms with Gasteiger partial charge in [-0.15, -0.1) is 0 Å². The molecule has 0 aliphatic carbocycles. The summed E-state index contributed by atoms with van der Waals surface area (Å²) in [6.07, 6.45) is 1.77. The number of amides is 3. The third kappa shape index (κ3) is 5.44. The van der Waals surface area contributed by atoms with Crippen LogP contribution in [0.2, 0.25) is 0 Å². The van der Waals surface area contributed by atoms with Gasteiger partial charge in [0.15, 0.2) is 5.76 Å². The van der Waals surface area contributed by atoms with Crippen LogP contribution in [0.5, 0.6) is 0 Å². The third-order valence-corrected chi connectivity index (χ3v) is 4.08. The normalized spacial score (nSPS) is 11.7. The number of carbonyl (C=O) groups is 3. The van der Waals surface area contributed by atoms with Gasteiger partial charge < -0.3 is 20.4 Å². The first-order valence-corrected chi connectivity index (χ1v) is 8.87. The maximum atomic E-state index is 12.8. The molecule has 7 nitrogen and oxygen atoms in total. The highest BCUT2D eigenvalue weighted by molar-refractivity contribution is 6.01. The number of furan rings is 1. The molecule has 2 aromatic rings. The SMILES string of the molecule is CCC(=O)Nc1ccc(C)c(NC(=O)C(NC(=O)c2ccco2)C(C)C)c1. The smallest absolute Gasteiger partial charge is 0.287 e. The number of nitrogens with one attached hydrogen (secondary N) is 3. The molecule has 7 heteroatoms. The molecule has 0 saturated heterocycles. The van der Waals surface area contributed by atoms with E-state index in [0.717, 1.165) is 5.56 Å². The lowest BCUT2D eigenvalue weighted by Gasteiger charge is -2.22. The van der Waals surface area contributed by atoms with Gasteiger partial charge in [0.05, 0.1) is 6.26 Å². The molecule has 3 amide bonds. The van der Waals surface area contributed by atoms with Crippen molar-refractivity contribution in [3.05, 3.63) is 47.9 Å².